The number of piperidine rings is 1. The first-order valence-electron chi connectivity index (χ1n) is 6.28. The van der Waals surface area contributed by atoms with Crippen LogP contribution < -0.4 is 11.1 Å². The number of hydrogen-bond acceptors (Lipinski definition) is 5. The van der Waals surface area contributed by atoms with Crippen LogP contribution in [0, 0.1) is 5.92 Å². The van der Waals surface area contributed by atoms with Crippen molar-refractivity contribution in [2.24, 2.45) is 5.92 Å². The van der Waals surface area contributed by atoms with Gasteiger partial charge in [0, 0.05) is 18.5 Å². The molecule has 2 heterocycles. The standard InChI is InChI=1S/C12H20N4OS/c1-16-4-2-3-9(7-16)6-14-11(17)5-10-8-18-12(13)15-10/h8-9H,2-7H2,1H3,(H2,13,15)(H,14,17). The molecule has 1 amide bonds. The molecule has 3 N–H and O–H groups in total. The van der Waals surface area contributed by atoms with E-state index >= 15 is 0 Å². The minimum Gasteiger partial charge on any atom is -0.375 e. The number of carbonyl (C=O) groups excluding carboxylic acids is 1. The minimum atomic E-state index is 0.0357. The van der Waals surface area contributed by atoms with E-state index in [-0.39, 0.29) is 5.91 Å². The van der Waals surface area contributed by atoms with Gasteiger partial charge in [0.15, 0.2) is 5.13 Å². The molecule has 1 aromatic rings. The first kappa shape index (κ1) is 13.3. The SMILES string of the molecule is CN1CCCC(CNC(=O)Cc2csc(N)n2)C1. The summed E-state index contributed by atoms with van der Waals surface area (Å²) < 4.78 is 0. The molecule has 1 aliphatic heterocycles. The molecule has 1 aromatic heterocycles. The van der Waals surface area contributed by atoms with E-state index in [0.29, 0.717) is 17.5 Å². The average Bonchev–Trinajstić information content (AvgIpc) is 2.72. The highest BCUT2D eigenvalue weighted by atomic mass is 32.1. The summed E-state index contributed by atoms with van der Waals surface area (Å²) in [5, 5.41) is 5.35. The van der Waals surface area contributed by atoms with E-state index < -0.39 is 0 Å². The van der Waals surface area contributed by atoms with Crippen molar-refractivity contribution >= 4 is 22.4 Å². The predicted octanol–water partition coefficient (Wildman–Crippen LogP) is 0.726. The molecule has 0 bridgehead atoms. The van der Waals surface area contributed by atoms with Gasteiger partial charge in [0.05, 0.1) is 12.1 Å². The quantitative estimate of drug-likeness (QED) is 0.844. The molecule has 2 rings (SSSR count). The lowest BCUT2D eigenvalue weighted by Gasteiger charge is -2.29. The van der Waals surface area contributed by atoms with Crippen LogP contribution in [0.15, 0.2) is 5.38 Å². The molecule has 0 aromatic carbocycles. The van der Waals surface area contributed by atoms with Crippen LogP contribution in [-0.4, -0.2) is 42.5 Å². The fourth-order valence-electron chi connectivity index (χ4n) is 2.33. The lowest BCUT2D eigenvalue weighted by molar-refractivity contribution is -0.120. The first-order valence-corrected chi connectivity index (χ1v) is 7.16. The fraction of sp³-hybridized carbons (Fsp3) is 0.667. The van der Waals surface area contributed by atoms with Gasteiger partial charge in [-0.2, -0.15) is 0 Å². The Morgan fingerprint density at radius 2 is 2.56 bits per heavy atom. The van der Waals surface area contributed by atoms with E-state index in [1.807, 2.05) is 5.38 Å². The van der Waals surface area contributed by atoms with E-state index in [1.165, 1.54) is 30.7 Å². The summed E-state index contributed by atoms with van der Waals surface area (Å²) in [7, 11) is 2.13. The Bertz CT molecular complexity index is 407. The Labute approximate surface area is 111 Å². The van der Waals surface area contributed by atoms with Crippen LogP contribution in [0.25, 0.3) is 0 Å². The van der Waals surface area contributed by atoms with Crippen molar-refractivity contribution in [3.63, 3.8) is 0 Å². The van der Waals surface area contributed by atoms with Gasteiger partial charge in [0.1, 0.15) is 0 Å². The van der Waals surface area contributed by atoms with E-state index in [0.717, 1.165) is 18.8 Å². The molecule has 1 fully saturated rings. The van der Waals surface area contributed by atoms with Gasteiger partial charge in [-0.05, 0) is 32.4 Å². The Hall–Kier alpha value is -1.14. The van der Waals surface area contributed by atoms with Gasteiger partial charge < -0.3 is 16.0 Å². The van der Waals surface area contributed by atoms with Gasteiger partial charge in [0.2, 0.25) is 5.91 Å². The molecule has 100 valence electrons. The molecule has 0 aliphatic carbocycles. The summed E-state index contributed by atoms with van der Waals surface area (Å²) in [6.07, 6.45) is 2.75. The van der Waals surface area contributed by atoms with Crippen molar-refractivity contribution in [3.8, 4) is 0 Å². The van der Waals surface area contributed by atoms with E-state index in [1.54, 1.807) is 0 Å². The third-order valence-corrected chi connectivity index (χ3v) is 3.94. The Morgan fingerprint density at radius 3 is 3.22 bits per heavy atom. The van der Waals surface area contributed by atoms with Crippen LogP contribution in [0.4, 0.5) is 5.13 Å². The number of aromatic nitrogens is 1. The van der Waals surface area contributed by atoms with Gasteiger partial charge in [-0.15, -0.1) is 11.3 Å². The molecular weight excluding hydrogens is 248 g/mol. The number of amides is 1. The molecule has 0 radical (unpaired) electrons. The number of nitrogens with zero attached hydrogens (tertiary/aromatic N) is 2. The van der Waals surface area contributed by atoms with E-state index in [2.05, 4.69) is 22.2 Å². The normalized spacial score (nSPS) is 20.8. The zero-order chi connectivity index (χ0) is 13.0. The van der Waals surface area contributed by atoms with Crippen LogP contribution >= 0.6 is 11.3 Å². The summed E-state index contributed by atoms with van der Waals surface area (Å²) in [4.78, 5) is 18.2. The van der Waals surface area contributed by atoms with Gasteiger partial charge >= 0.3 is 0 Å². The lowest BCUT2D eigenvalue weighted by Crippen LogP contribution is -2.39. The van der Waals surface area contributed by atoms with Crippen molar-refractivity contribution in [1.82, 2.24) is 15.2 Å². The number of likely N-dealkylation sites (tertiary alicyclic amines) is 1. The average molecular weight is 268 g/mol. The summed E-state index contributed by atoms with van der Waals surface area (Å²) in [6, 6.07) is 0. The van der Waals surface area contributed by atoms with Crippen LogP contribution in [-0.2, 0) is 11.2 Å². The highest BCUT2D eigenvalue weighted by molar-refractivity contribution is 7.13. The Kier molecular flexibility index (Phi) is 4.54. The summed E-state index contributed by atoms with van der Waals surface area (Å²) in [5.74, 6) is 0.613. The number of thiazole rings is 1. The molecule has 0 saturated carbocycles. The number of nitrogens with one attached hydrogen (secondary N) is 1. The predicted molar refractivity (Wildman–Crippen MR) is 73.5 cm³/mol. The Balaban J connectivity index is 1.71. The van der Waals surface area contributed by atoms with Crippen LogP contribution in [0.5, 0.6) is 0 Å². The number of nitrogen functional groups attached to an aromatic ring is 1. The van der Waals surface area contributed by atoms with Crippen molar-refractivity contribution in [2.75, 3.05) is 32.4 Å². The first-order chi connectivity index (χ1) is 8.63. The zero-order valence-corrected chi connectivity index (χ0v) is 11.5. The van der Waals surface area contributed by atoms with Gasteiger partial charge in [-0.1, -0.05) is 0 Å². The molecular formula is C12H20N4OS. The molecule has 1 aliphatic rings. The van der Waals surface area contributed by atoms with Crippen LogP contribution in [0.3, 0.4) is 0 Å². The number of carbonyl (C=O) groups is 1. The molecule has 6 heteroatoms. The van der Waals surface area contributed by atoms with Crippen molar-refractivity contribution in [3.05, 3.63) is 11.1 Å². The van der Waals surface area contributed by atoms with Crippen molar-refractivity contribution in [2.45, 2.75) is 19.3 Å². The molecule has 0 spiro atoms. The topological polar surface area (TPSA) is 71.2 Å². The summed E-state index contributed by atoms with van der Waals surface area (Å²) in [5.41, 5.74) is 6.29. The number of nitrogens with two attached hydrogens (primary N) is 1. The molecule has 5 nitrogen and oxygen atoms in total. The number of hydrogen-bond donors (Lipinski definition) is 2. The molecule has 1 saturated heterocycles. The lowest BCUT2D eigenvalue weighted by atomic mass is 9.98. The maximum atomic E-state index is 11.7. The van der Waals surface area contributed by atoms with Crippen LogP contribution in [0.1, 0.15) is 18.5 Å². The molecule has 18 heavy (non-hydrogen) atoms. The van der Waals surface area contributed by atoms with E-state index in [4.69, 9.17) is 5.73 Å². The largest absolute Gasteiger partial charge is 0.375 e. The second-order valence-corrected chi connectivity index (χ2v) is 5.82. The fourth-order valence-corrected chi connectivity index (χ4v) is 2.89. The highest BCUT2D eigenvalue weighted by Gasteiger charge is 2.17. The van der Waals surface area contributed by atoms with Gasteiger partial charge in [-0.25, -0.2) is 4.98 Å². The summed E-state index contributed by atoms with van der Waals surface area (Å²) in [6.45, 7) is 3.01. The second kappa shape index (κ2) is 6.15. The smallest absolute Gasteiger partial charge is 0.226 e. The minimum absolute atomic E-state index is 0.0357. The number of anilines is 1. The zero-order valence-electron chi connectivity index (χ0n) is 10.7. The monoisotopic (exact) mass is 268 g/mol. The molecule has 1 atom stereocenters. The van der Waals surface area contributed by atoms with Gasteiger partial charge in [0.25, 0.3) is 0 Å². The maximum absolute atomic E-state index is 11.7. The van der Waals surface area contributed by atoms with Gasteiger partial charge in [-0.3, -0.25) is 4.79 Å². The summed E-state index contributed by atoms with van der Waals surface area (Å²) >= 11 is 1.37. The number of rotatable bonds is 4. The third kappa shape index (κ3) is 3.96. The van der Waals surface area contributed by atoms with Crippen LogP contribution in [0.2, 0.25) is 0 Å². The maximum Gasteiger partial charge on any atom is 0.226 e. The highest BCUT2D eigenvalue weighted by Crippen LogP contribution is 2.14. The third-order valence-electron chi connectivity index (χ3n) is 3.22. The van der Waals surface area contributed by atoms with E-state index in [9.17, 15) is 4.79 Å². The molecule has 1 unspecified atom stereocenters. The van der Waals surface area contributed by atoms with Crippen molar-refractivity contribution in [1.29, 1.82) is 0 Å². The Morgan fingerprint density at radius 1 is 1.72 bits per heavy atom. The second-order valence-electron chi connectivity index (χ2n) is 4.93. The van der Waals surface area contributed by atoms with Crippen molar-refractivity contribution < 1.29 is 4.79 Å².